The number of nitrogens with zero attached hydrogens (tertiary/aromatic N) is 3. The van der Waals surface area contributed by atoms with Gasteiger partial charge in [0.05, 0.1) is 38.2 Å². The lowest BCUT2D eigenvalue weighted by Gasteiger charge is -2.24. The van der Waals surface area contributed by atoms with Crippen molar-refractivity contribution >= 4 is 54.7 Å². The van der Waals surface area contributed by atoms with Crippen LogP contribution in [0.2, 0.25) is 0 Å². The van der Waals surface area contributed by atoms with Crippen LogP contribution in [0.15, 0.2) is 73.8 Å². The number of hydrogen-bond acceptors (Lipinski definition) is 7. The van der Waals surface area contributed by atoms with Gasteiger partial charge in [0.25, 0.3) is 0 Å². The molecule has 0 radical (unpaired) electrons. The van der Waals surface area contributed by atoms with Crippen molar-refractivity contribution in [3.63, 3.8) is 0 Å². The second-order valence-electron chi connectivity index (χ2n) is 12.9. The number of ketones is 1. The van der Waals surface area contributed by atoms with Crippen LogP contribution in [0, 0.1) is 13.8 Å². The van der Waals surface area contributed by atoms with Crippen molar-refractivity contribution in [2.24, 2.45) is 0 Å². The number of sulfone groups is 1. The molecule has 2 aromatic carbocycles. The van der Waals surface area contributed by atoms with Crippen LogP contribution in [0.4, 0.5) is 0 Å². The minimum Gasteiger partial charge on any atom is -0.354 e. The fourth-order valence-electron chi connectivity index (χ4n) is 7.03. The normalized spacial score (nSPS) is 13.9. The van der Waals surface area contributed by atoms with E-state index in [0.29, 0.717) is 18.5 Å². The van der Waals surface area contributed by atoms with Crippen LogP contribution in [-0.2, 0) is 21.2 Å². The molecule has 0 spiro atoms. The standard InChI is InChI=1S/C39H42N4O4S2/c1-5-7-19-40-36(45)23-43-34-22-29(35(44)24-49(46,47)20-6-2)13-16-31(34)37(27-11-9-8-10-12-27)38(43)30-15-17-32-28(21-30)14-18-33(42-32)39-25(3)41-26(4)48-39/h5-6,13-18,21-22,27H,1-2,7-12,19-20,23-24H2,3-4H3,(H,40,45). The van der Waals surface area contributed by atoms with Gasteiger partial charge in [0.15, 0.2) is 15.6 Å². The maximum Gasteiger partial charge on any atom is 0.239 e. The first-order chi connectivity index (χ1) is 23.6. The average Bonchev–Trinajstić information content (AvgIpc) is 3.59. The zero-order valence-electron chi connectivity index (χ0n) is 28.1. The monoisotopic (exact) mass is 694 g/mol. The zero-order chi connectivity index (χ0) is 34.7. The van der Waals surface area contributed by atoms with Crippen LogP contribution in [0.25, 0.3) is 43.6 Å². The Labute approximate surface area is 291 Å². The summed E-state index contributed by atoms with van der Waals surface area (Å²) < 4.78 is 27.1. The number of fused-ring (bicyclic) bond motifs is 2. The molecule has 6 rings (SSSR count). The molecular weight excluding hydrogens is 653 g/mol. The van der Waals surface area contributed by atoms with Crippen LogP contribution in [0.3, 0.4) is 0 Å². The third-order valence-corrected chi connectivity index (χ3v) is 11.8. The Morgan fingerprint density at radius 3 is 2.51 bits per heavy atom. The van der Waals surface area contributed by atoms with E-state index in [1.54, 1.807) is 29.5 Å². The van der Waals surface area contributed by atoms with Gasteiger partial charge in [0.1, 0.15) is 12.3 Å². The second kappa shape index (κ2) is 14.6. The molecule has 1 N–H and O–H groups in total. The van der Waals surface area contributed by atoms with E-state index >= 15 is 0 Å². The predicted octanol–water partition coefficient (Wildman–Crippen LogP) is 8.12. The molecule has 3 heterocycles. The number of nitrogens with one attached hydrogen (secondary N) is 1. The van der Waals surface area contributed by atoms with Crippen LogP contribution < -0.4 is 5.32 Å². The quantitative estimate of drug-likeness (QED) is 0.0757. The highest BCUT2D eigenvalue weighted by Crippen LogP contribution is 2.45. The second-order valence-corrected chi connectivity index (χ2v) is 16.2. The molecule has 10 heteroatoms. The number of carbonyl (C=O) groups excluding carboxylic acids is 2. The van der Waals surface area contributed by atoms with Crippen LogP contribution in [0.1, 0.15) is 71.1 Å². The molecule has 1 amide bonds. The summed E-state index contributed by atoms with van der Waals surface area (Å²) in [6.07, 6.45) is 9.21. The first kappa shape index (κ1) is 34.5. The third-order valence-electron chi connectivity index (χ3n) is 9.23. The van der Waals surface area contributed by atoms with E-state index < -0.39 is 21.4 Å². The van der Waals surface area contributed by atoms with Crippen LogP contribution >= 0.6 is 11.3 Å². The number of amides is 1. The van der Waals surface area contributed by atoms with Gasteiger partial charge in [-0.15, -0.1) is 24.5 Å². The number of thiazole rings is 1. The number of Topliss-reactive ketones (excluding diaryl/α,β-unsaturated/α-hetero) is 1. The van der Waals surface area contributed by atoms with Gasteiger partial charge in [-0.1, -0.05) is 55.7 Å². The van der Waals surface area contributed by atoms with Gasteiger partial charge in [-0.2, -0.15) is 0 Å². The molecule has 0 aliphatic heterocycles. The molecule has 1 aliphatic rings. The van der Waals surface area contributed by atoms with Crippen molar-refractivity contribution < 1.29 is 18.0 Å². The Hall–Kier alpha value is -4.41. The molecule has 254 valence electrons. The summed E-state index contributed by atoms with van der Waals surface area (Å²) in [5.41, 5.74) is 6.85. The Kier molecular flexibility index (Phi) is 10.3. The maximum atomic E-state index is 13.5. The summed E-state index contributed by atoms with van der Waals surface area (Å²) in [5, 5.41) is 5.97. The Balaban J connectivity index is 1.52. The lowest BCUT2D eigenvalue weighted by atomic mass is 9.81. The van der Waals surface area contributed by atoms with Crippen molar-refractivity contribution in [3.8, 4) is 21.8 Å². The van der Waals surface area contributed by atoms with Gasteiger partial charge in [-0.05, 0) is 74.4 Å². The van der Waals surface area contributed by atoms with Crippen LogP contribution in [0.5, 0.6) is 0 Å². The van der Waals surface area contributed by atoms with E-state index in [4.69, 9.17) is 4.98 Å². The number of pyridine rings is 1. The third kappa shape index (κ3) is 7.45. The maximum absolute atomic E-state index is 13.5. The molecule has 0 unspecified atom stereocenters. The summed E-state index contributed by atoms with van der Waals surface area (Å²) in [4.78, 5) is 37.4. The SMILES string of the molecule is C=CCCNC(=O)Cn1c(-c2ccc3nc(-c4sc(C)nc4C)ccc3c2)c(C2CCCCC2)c2ccc(C(=O)CS(=O)(=O)CC=C)cc21. The van der Waals surface area contributed by atoms with E-state index in [1.807, 2.05) is 36.6 Å². The fraction of sp³-hybridized carbons (Fsp3) is 0.333. The average molecular weight is 695 g/mol. The summed E-state index contributed by atoms with van der Waals surface area (Å²) in [6.45, 7) is 11.8. The van der Waals surface area contributed by atoms with Gasteiger partial charge in [0, 0.05) is 28.4 Å². The number of aromatic nitrogens is 3. The van der Waals surface area contributed by atoms with E-state index in [1.165, 1.54) is 18.1 Å². The molecule has 1 saturated carbocycles. The number of rotatable bonds is 13. The van der Waals surface area contributed by atoms with Gasteiger partial charge >= 0.3 is 0 Å². The minimum atomic E-state index is -3.64. The highest BCUT2D eigenvalue weighted by molar-refractivity contribution is 7.92. The smallest absolute Gasteiger partial charge is 0.239 e. The van der Waals surface area contributed by atoms with Crippen molar-refractivity contribution in [2.45, 2.75) is 64.8 Å². The van der Waals surface area contributed by atoms with E-state index in [-0.39, 0.29) is 24.1 Å². The highest BCUT2D eigenvalue weighted by atomic mass is 32.2. The molecule has 49 heavy (non-hydrogen) atoms. The largest absolute Gasteiger partial charge is 0.354 e. The summed E-state index contributed by atoms with van der Waals surface area (Å²) in [5.74, 6) is -1.22. The summed E-state index contributed by atoms with van der Waals surface area (Å²) >= 11 is 1.64. The summed E-state index contributed by atoms with van der Waals surface area (Å²) in [6, 6.07) is 15.8. The number of carbonyl (C=O) groups is 2. The van der Waals surface area contributed by atoms with Gasteiger partial charge < -0.3 is 9.88 Å². The predicted molar refractivity (Wildman–Crippen MR) is 200 cm³/mol. The number of aryl methyl sites for hydroxylation is 2. The van der Waals surface area contributed by atoms with E-state index in [0.717, 1.165) is 80.0 Å². The van der Waals surface area contributed by atoms with Crippen molar-refractivity contribution in [2.75, 3.05) is 18.1 Å². The first-order valence-corrected chi connectivity index (χ1v) is 19.5. The lowest BCUT2D eigenvalue weighted by molar-refractivity contribution is -0.121. The molecule has 0 bridgehead atoms. The van der Waals surface area contributed by atoms with Crippen LogP contribution in [-0.4, -0.2) is 52.7 Å². The van der Waals surface area contributed by atoms with Crippen molar-refractivity contribution in [1.82, 2.24) is 19.9 Å². The number of hydrogen-bond donors (Lipinski definition) is 1. The Bertz CT molecular complexity index is 2190. The lowest BCUT2D eigenvalue weighted by Crippen LogP contribution is -2.28. The molecule has 3 aromatic heterocycles. The van der Waals surface area contributed by atoms with Gasteiger partial charge in [-0.25, -0.2) is 18.4 Å². The highest BCUT2D eigenvalue weighted by Gasteiger charge is 2.28. The molecule has 8 nitrogen and oxygen atoms in total. The molecular formula is C39H42N4O4S2. The van der Waals surface area contributed by atoms with Gasteiger partial charge in [0.2, 0.25) is 5.91 Å². The van der Waals surface area contributed by atoms with Crippen molar-refractivity contribution in [1.29, 1.82) is 0 Å². The van der Waals surface area contributed by atoms with Gasteiger partial charge in [-0.3, -0.25) is 9.59 Å². The zero-order valence-corrected chi connectivity index (χ0v) is 29.8. The van der Waals surface area contributed by atoms with E-state index in [9.17, 15) is 18.0 Å². The minimum absolute atomic E-state index is 0.0430. The topological polar surface area (TPSA) is 111 Å². The Morgan fingerprint density at radius 1 is 1.00 bits per heavy atom. The summed E-state index contributed by atoms with van der Waals surface area (Å²) in [7, 11) is -3.64. The first-order valence-electron chi connectivity index (χ1n) is 16.8. The molecule has 0 atom stereocenters. The number of benzene rings is 2. The molecule has 1 fully saturated rings. The fourth-order valence-corrected chi connectivity index (χ4v) is 8.97. The Morgan fingerprint density at radius 2 is 1.80 bits per heavy atom. The molecule has 5 aromatic rings. The molecule has 0 saturated heterocycles. The van der Waals surface area contributed by atoms with E-state index in [2.05, 4.69) is 41.7 Å². The molecule has 1 aliphatic carbocycles. The van der Waals surface area contributed by atoms with Crippen molar-refractivity contribution in [3.05, 3.63) is 95.7 Å².